The van der Waals surface area contributed by atoms with Crippen LogP contribution in [0.3, 0.4) is 0 Å². The summed E-state index contributed by atoms with van der Waals surface area (Å²) >= 11 is 0. The summed E-state index contributed by atoms with van der Waals surface area (Å²) in [7, 11) is -4.16. The normalized spacial score (nSPS) is 12.1. The zero-order valence-corrected chi connectivity index (χ0v) is 22.8. The summed E-state index contributed by atoms with van der Waals surface area (Å²) in [5.74, 6) is -0.918. The summed E-state index contributed by atoms with van der Waals surface area (Å²) in [5.41, 5.74) is 4.43. The van der Waals surface area contributed by atoms with Crippen LogP contribution in [0, 0.1) is 0 Å². The lowest BCUT2D eigenvalue weighted by Gasteiger charge is -2.18. The van der Waals surface area contributed by atoms with Crippen LogP contribution >= 0.6 is 0 Å². The number of hydrogen-bond acceptors (Lipinski definition) is 5. The van der Waals surface area contributed by atoms with Crippen molar-refractivity contribution in [3.63, 3.8) is 0 Å². The van der Waals surface area contributed by atoms with Crippen LogP contribution in [0.2, 0.25) is 0 Å². The summed E-state index contributed by atoms with van der Waals surface area (Å²) < 4.78 is 36.5. The van der Waals surface area contributed by atoms with E-state index in [1.165, 1.54) is 0 Å². The second-order valence-electron chi connectivity index (χ2n) is 9.62. The Morgan fingerprint density at radius 1 is 0.829 bits per heavy atom. The molecule has 1 heterocycles. The van der Waals surface area contributed by atoms with E-state index in [9.17, 15) is 18.0 Å². The minimum absolute atomic E-state index is 0.167. The van der Waals surface area contributed by atoms with Gasteiger partial charge in [0.25, 0.3) is 16.0 Å². The number of rotatable bonds is 10. The van der Waals surface area contributed by atoms with Crippen molar-refractivity contribution in [1.29, 1.82) is 0 Å². The molecule has 0 bridgehead atoms. The zero-order chi connectivity index (χ0) is 28.8. The van der Waals surface area contributed by atoms with Gasteiger partial charge in [-0.05, 0) is 66.1 Å². The average Bonchev–Trinajstić information content (AvgIpc) is 3.41. The fourth-order valence-corrected chi connectivity index (χ4v) is 4.90. The van der Waals surface area contributed by atoms with Crippen LogP contribution in [0.4, 0.5) is 5.69 Å². The first kappa shape index (κ1) is 27.8. The van der Waals surface area contributed by atoms with Gasteiger partial charge >= 0.3 is 0 Å². The van der Waals surface area contributed by atoms with Crippen LogP contribution in [-0.4, -0.2) is 37.1 Å². The third-order valence-corrected chi connectivity index (χ3v) is 7.40. The van der Waals surface area contributed by atoms with Crippen molar-refractivity contribution >= 4 is 38.6 Å². The number of para-hydroxylation sites is 1. The summed E-state index contributed by atoms with van der Waals surface area (Å²) in [6, 6.07) is 33.6. The highest BCUT2D eigenvalue weighted by Crippen LogP contribution is 2.29. The number of amides is 2. The van der Waals surface area contributed by atoms with E-state index in [-0.39, 0.29) is 12.5 Å². The molecule has 1 unspecified atom stereocenters. The van der Waals surface area contributed by atoms with Gasteiger partial charge in [0.05, 0.1) is 11.7 Å². The highest BCUT2D eigenvalue weighted by molar-refractivity contribution is 7.85. The number of carbonyl (C=O) groups is 2. The summed E-state index contributed by atoms with van der Waals surface area (Å²) in [6.07, 6.45) is 0.400. The van der Waals surface area contributed by atoms with Crippen molar-refractivity contribution < 1.29 is 27.0 Å². The topological polar surface area (TPSA) is 126 Å². The van der Waals surface area contributed by atoms with Gasteiger partial charge in [-0.15, -0.1) is 0 Å². The van der Waals surface area contributed by atoms with Gasteiger partial charge in [-0.2, -0.15) is 8.42 Å². The van der Waals surface area contributed by atoms with E-state index in [0.29, 0.717) is 17.7 Å². The van der Waals surface area contributed by atoms with Crippen LogP contribution in [0.25, 0.3) is 22.3 Å². The first-order valence-electron chi connectivity index (χ1n) is 13.0. The molecule has 2 amide bonds. The molecule has 0 saturated carbocycles. The number of anilines is 1. The van der Waals surface area contributed by atoms with Crippen LogP contribution in [0.1, 0.15) is 27.4 Å². The molecule has 0 aliphatic carbocycles. The average molecular weight is 569 g/mol. The summed E-state index contributed by atoms with van der Waals surface area (Å²) in [6.45, 7) is -0.199. The number of hydrogen-bond donors (Lipinski definition) is 3. The predicted octanol–water partition coefficient (Wildman–Crippen LogP) is 5.68. The van der Waals surface area contributed by atoms with Crippen LogP contribution in [0.5, 0.6) is 0 Å². The maximum Gasteiger partial charge on any atom is 0.266 e. The van der Waals surface area contributed by atoms with Gasteiger partial charge in [0, 0.05) is 28.7 Å². The molecule has 208 valence electrons. The molecule has 9 heteroatoms. The molecule has 5 aromatic rings. The third kappa shape index (κ3) is 7.27. The molecule has 4 aromatic carbocycles. The minimum atomic E-state index is -4.16. The van der Waals surface area contributed by atoms with Crippen LogP contribution in [0.15, 0.2) is 114 Å². The SMILES string of the molecule is O=C(NCCS(=O)(=O)O)c1ccc(CC(C(=O)Nc2ccc(-c3cc4ccccc4o3)cc2)c2ccccc2)cc1. The van der Waals surface area contributed by atoms with E-state index >= 15 is 0 Å². The van der Waals surface area contributed by atoms with Crippen LogP contribution in [-0.2, 0) is 21.3 Å². The van der Waals surface area contributed by atoms with E-state index in [1.54, 1.807) is 24.3 Å². The molecule has 8 nitrogen and oxygen atoms in total. The Balaban J connectivity index is 1.27. The Morgan fingerprint density at radius 2 is 1.51 bits per heavy atom. The molecule has 0 spiro atoms. The lowest BCUT2D eigenvalue weighted by Crippen LogP contribution is -2.28. The van der Waals surface area contributed by atoms with Gasteiger partial charge in [0.1, 0.15) is 11.3 Å². The van der Waals surface area contributed by atoms with Crippen LogP contribution < -0.4 is 10.6 Å². The van der Waals surface area contributed by atoms with Crippen molar-refractivity contribution in [2.45, 2.75) is 12.3 Å². The monoisotopic (exact) mass is 568 g/mol. The van der Waals surface area contributed by atoms with Gasteiger partial charge in [-0.25, -0.2) is 0 Å². The molecule has 0 fully saturated rings. The van der Waals surface area contributed by atoms with Crippen molar-refractivity contribution in [3.8, 4) is 11.3 Å². The Kier molecular flexibility index (Phi) is 8.28. The van der Waals surface area contributed by atoms with E-state index in [4.69, 9.17) is 8.97 Å². The Morgan fingerprint density at radius 3 is 2.20 bits per heavy atom. The summed E-state index contributed by atoms with van der Waals surface area (Å²) in [4.78, 5) is 25.8. The predicted molar refractivity (Wildman–Crippen MR) is 158 cm³/mol. The first-order valence-corrected chi connectivity index (χ1v) is 14.6. The minimum Gasteiger partial charge on any atom is -0.456 e. The second kappa shape index (κ2) is 12.2. The highest BCUT2D eigenvalue weighted by Gasteiger charge is 2.22. The molecule has 0 radical (unpaired) electrons. The molecule has 3 N–H and O–H groups in total. The number of carbonyl (C=O) groups excluding carboxylic acids is 2. The van der Waals surface area contributed by atoms with Crippen molar-refractivity contribution in [1.82, 2.24) is 5.32 Å². The molecule has 0 aliphatic heterocycles. The van der Waals surface area contributed by atoms with Gasteiger partial charge < -0.3 is 15.1 Å². The molecule has 0 saturated heterocycles. The smallest absolute Gasteiger partial charge is 0.266 e. The third-order valence-electron chi connectivity index (χ3n) is 6.68. The van der Waals surface area contributed by atoms with Gasteiger partial charge in [-0.3, -0.25) is 14.1 Å². The summed E-state index contributed by atoms with van der Waals surface area (Å²) in [5, 5.41) is 6.51. The number of nitrogens with one attached hydrogen (secondary N) is 2. The van der Waals surface area contributed by atoms with E-state index in [1.807, 2.05) is 84.9 Å². The van der Waals surface area contributed by atoms with Gasteiger partial charge in [0.2, 0.25) is 5.91 Å². The lowest BCUT2D eigenvalue weighted by atomic mass is 9.90. The Labute approximate surface area is 237 Å². The maximum absolute atomic E-state index is 13.5. The lowest BCUT2D eigenvalue weighted by molar-refractivity contribution is -0.117. The Hall–Kier alpha value is -4.73. The molecular weight excluding hydrogens is 540 g/mol. The molecule has 0 aliphatic rings. The van der Waals surface area contributed by atoms with Gasteiger partial charge in [-0.1, -0.05) is 60.7 Å². The number of furan rings is 1. The van der Waals surface area contributed by atoms with E-state index < -0.39 is 27.7 Å². The van der Waals surface area contributed by atoms with Gasteiger partial charge in [0.15, 0.2) is 0 Å². The van der Waals surface area contributed by atoms with E-state index in [2.05, 4.69) is 10.6 Å². The second-order valence-corrected chi connectivity index (χ2v) is 11.2. The largest absolute Gasteiger partial charge is 0.456 e. The quantitative estimate of drug-likeness (QED) is 0.186. The molecular formula is C32H28N2O6S. The Bertz CT molecular complexity index is 1730. The standard InChI is InChI=1S/C32H28N2O6S/c35-31(33-18-19-41(37,38)39)25-12-10-22(11-13-25)20-28(23-6-2-1-3-7-23)32(36)34-27-16-14-24(15-17-27)30-21-26-8-4-5-9-29(26)40-30/h1-17,21,28H,18-20H2,(H,33,35)(H,34,36)(H,37,38,39). The first-order chi connectivity index (χ1) is 19.7. The molecule has 41 heavy (non-hydrogen) atoms. The number of fused-ring (bicyclic) bond motifs is 1. The highest BCUT2D eigenvalue weighted by atomic mass is 32.2. The fourth-order valence-electron chi connectivity index (χ4n) is 4.54. The van der Waals surface area contributed by atoms with Crippen molar-refractivity contribution in [2.75, 3.05) is 17.6 Å². The fraction of sp³-hybridized carbons (Fsp3) is 0.125. The zero-order valence-electron chi connectivity index (χ0n) is 22.0. The molecule has 5 rings (SSSR count). The van der Waals surface area contributed by atoms with E-state index in [0.717, 1.165) is 33.4 Å². The maximum atomic E-state index is 13.5. The molecule has 1 atom stereocenters. The molecule has 1 aromatic heterocycles. The van der Waals surface area contributed by atoms with Crippen molar-refractivity contribution in [3.05, 3.63) is 126 Å². The number of benzene rings is 4. The van der Waals surface area contributed by atoms with Crippen molar-refractivity contribution in [2.24, 2.45) is 0 Å².